The van der Waals surface area contributed by atoms with Crippen LogP contribution in [-0.2, 0) is 14.2 Å². The van der Waals surface area contributed by atoms with Crippen LogP contribution >= 0.6 is 0 Å². The summed E-state index contributed by atoms with van der Waals surface area (Å²) in [4.78, 5) is 0. The van der Waals surface area contributed by atoms with E-state index in [1.165, 1.54) is 0 Å². The van der Waals surface area contributed by atoms with Crippen molar-refractivity contribution >= 4 is 0 Å². The van der Waals surface area contributed by atoms with E-state index >= 15 is 0 Å². The lowest BCUT2D eigenvalue weighted by Crippen LogP contribution is -2.03. The van der Waals surface area contributed by atoms with Crippen LogP contribution in [0.3, 0.4) is 0 Å². The van der Waals surface area contributed by atoms with Crippen LogP contribution in [0.5, 0.6) is 0 Å². The summed E-state index contributed by atoms with van der Waals surface area (Å²) >= 11 is 0. The summed E-state index contributed by atoms with van der Waals surface area (Å²) < 4.78 is 14.6. The molecule has 3 heteroatoms. The van der Waals surface area contributed by atoms with E-state index in [1.807, 2.05) is 13.8 Å². The molecule has 0 saturated carbocycles. The standard InChI is InChI=1S/C6H14O3.6CH4/c1-3-7-5-9-6-8-4-2;;;;;;/h3-6H2,1-2H3;6*1H4. The normalized spacial score (nSPS) is 6.00. The maximum Gasteiger partial charge on any atom is 0.149 e. The first-order valence-electron chi connectivity index (χ1n) is 3.15. The average Bonchev–Trinajstić information content (AvgIpc) is 1.89. The molecule has 0 unspecified atom stereocenters. The van der Waals surface area contributed by atoms with E-state index in [1.54, 1.807) is 0 Å². The molecule has 0 bridgehead atoms. The zero-order valence-corrected chi connectivity index (χ0v) is 6.05. The molecule has 0 aromatic rings. The predicted molar refractivity (Wildman–Crippen MR) is 74.5 cm³/mol. The second kappa shape index (κ2) is 48.6. The van der Waals surface area contributed by atoms with Crippen molar-refractivity contribution < 1.29 is 14.2 Å². The van der Waals surface area contributed by atoms with Crippen LogP contribution in [0.4, 0.5) is 0 Å². The lowest BCUT2D eigenvalue weighted by atomic mass is 10.9. The highest BCUT2D eigenvalue weighted by Gasteiger charge is 1.82. The molecule has 0 radical (unpaired) electrons. The lowest BCUT2D eigenvalue weighted by Gasteiger charge is -2.02. The molecule has 0 N–H and O–H groups in total. The molecule has 0 atom stereocenters. The minimum atomic E-state index is 0. The fourth-order valence-electron chi connectivity index (χ4n) is 0.319. The fourth-order valence-corrected chi connectivity index (χ4v) is 0.319. The zero-order chi connectivity index (χ0) is 6.95. The van der Waals surface area contributed by atoms with Gasteiger partial charge in [-0.05, 0) is 13.8 Å². The van der Waals surface area contributed by atoms with E-state index in [2.05, 4.69) is 0 Å². The molecule has 0 aromatic heterocycles. The molecule has 0 aliphatic heterocycles. The largest absolute Gasteiger partial charge is 0.356 e. The van der Waals surface area contributed by atoms with Gasteiger partial charge in [0.05, 0.1) is 0 Å². The van der Waals surface area contributed by atoms with Crippen molar-refractivity contribution in [3.05, 3.63) is 0 Å². The van der Waals surface area contributed by atoms with Crippen molar-refractivity contribution in [2.45, 2.75) is 58.4 Å². The van der Waals surface area contributed by atoms with E-state index in [4.69, 9.17) is 14.2 Å². The summed E-state index contributed by atoms with van der Waals surface area (Å²) in [7, 11) is 0. The summed E-state index contributed by atoms with van der Waals surface area (Å²) in [5.41, 5.74) is 0. The quantitative estimate of drug-likeness (QED) is 0.484. The Balaban J connectivity index is -0.0000000213. The van der Waals surface area contributed by atoms with Crippen molar-refractivity contribution in [2.75, 3.05) is 26.8 Å². The first-order chi connectivity index (χ1) is 4.41. The van der Waals surface area contributed by atoms with Gasteiger partial charge in [0.1, 0.15) is 13.6 Å². The fraction of sp³-hybridized carbons (Fsp3) is 1.00. The molecule has 0 fully saturated rings. The predicted octanol–water partition coefficient (Wildman–Crippen LogP) is 4.81. The smallest absolute Gasteiger partial charge is 0.149 e. The van der Waals surface area contributed by atoms with Gasteiger partial charge in [0, 0.05) is 13.2 Å². The van der Waals surface area contributed by atoms with Crippen LogP contribution in [-0.4, -0.2) is 26.8 Å². The van der Waals surface area contributed by atoms with Gasteiger partial charge in [-0.25, -0.2) is 0 Å². The van der Waals surface area contributed by atoms with E-state index in [0.717, 1.165) is 0 Å². The van der Waals surface area contributed by atoms with Gasteiger partial charge in [-0.3, -0.25) is 0 Å². The highest BCUT2D eigenvalue weighted by atomic mass is 16.7. The van der Waals surface area contributed by atoms with Crippen LogP contribution in [0.2, 0.25) is 0 Å². The summed E-state index contributed by atoms with van der Waals surface area (Å²) in [5, 5.41) is 0. The van der Waals surface area contributed by atoms with Crippen LogP contribution in [0.15, 0.2) is 0 Å². The Kier molecular flexibility index (Phi) is 150. The Labute approximate surface area is 100 Å². The Morgan fingerprint density at radius 3 is 1.00 bits per heavy atom. The zero-order valence-electron chi connectivity index (χ0n) is 6.05. The molecule has 0 rings (SSSR count). The third-order valence-electron chi connectivity index (χ3n) is 0.742. The summed E-state index contributed by atoms with van der Waals surface area (Å²) in [6.07, 6.45) is 0. The maximum atomic E-state index is 4.88. The summed E-state index contributed by atoms with van der Waals surface area (Å²) in [6.45, 7) is 5.87. The van der Waals surface area contributed by atoms with Gasteiger partial charge in [0.25, 0.3) is 0 Å². The summed E-state index contributed by atoms with van der Waals surface area (Å²) in [5.74, 6) is 0. The van der Waals surface area contributed by atoms with Crippen molar-refractivity contribution in [3.63, 3.8) is 0 Å². The Hall–Kier alpha value is -0.120. The molecule has 3 nitrogen and oxygen atoms in total. The van der Waals surface area contributed by atoms with Crippen molar-refractivity contribution in [1.29, 1.82) is 0 Å². The molecule has 104 valence electrons. The molecule has 0 aliphatic carbocycles. The highest BCUT2D eigenvalue weighted by molar-refractivity contribution is 4.08. The number of hydrogen-bond acceptors (Lipinski definition) is 3. The van der Waals surface area contributed by atoms with Crippen LogP contribution in [0, 0.1) is 0 Å². The third-order valence-corrected chi connectivity index (χ3v) is 0.742. The van der Waals surface area contributed by atoms with Crippen LogP contribution in [0.25, 0.3) is 0 Å². The molecule has 0 aliphatic rings. The summed E-state index contributed by atoms with van der Waals surface area (Å²) in [6, 6.07) is 0. The minimum absolute atomic E-state index is 0. The Bertz CT molecular complexity index is 44.1. The van der Waals surface area contributed by atoms with Crippen molar-refractivity contribution in [1.82, 2.24) is 0 Å². The SMILES string of the molecule is C.C.C.C.C.C.CCOCOCOCC. The molecule has 15 heavy (non-hydrogen) atoms. The number of ether oxygens (including phenoxy) is 3. The molecule has 0 spiro atoms. The molecular weight excluding hydrogens is 192 g/mol. The van der Waals surface area contributed by atoms with Gasteiger partial charge in [-0.2, -0.15) is 0 Å². The van der Waals surface area contributed by atoms with E-state index < -0.39 is 0 Å². The van der Waals surface area contributed by atoms with Gasteiger partial charge in [0.2, 0.25) is 0 Å². The molecular formula is C12H38O3. The average molecular weight is 230 g/mol. The third kappa shape index (κ3) is 56.7. The maximum absolute atomic E-state index is 4.88. The molecule has 0 saturated heterocycles. The second-order valence-corrected chi connectivity index (χ2v) is 1.43. The van der Waals surface area contributed by atoms with E-state index in [0.29, 0.717) is 26.8 Å². The Morgan fingerprint density at radius 2 is 0.800 bits per heavy atom. The number of rotatable bonds is 6. The Morgan fingerprint density at radius 1 is 0.533 bits per heavy atom. The second-order valence-electron chi connectivity index (χ2n) is 1.43. The molecule has 0 aromatic carbocycles. The van der Waals surface area contributed by atoms with Gasteiger partial charge >= 0.3 is 0 Å². The van der Waals surface area contributed by atoms with Gasteiger partial charge in [-0.1, -0.05) is 44.6 Å². The van der Waals surface area contributed by atoms with Gasteiger partial charge < -0.3 is 14.2 Å². The van der Waals surface area contributed by atoms with Crippen molar-refractivity contribution in [2.24, 2.45) is 0 Å². The van der Waals surface area contributed by atoms with E-state index in [-0.39, 0.29) is 44.6 Å². The highest BCUT2D eigenvalue weighted by Crippen LogP contribution is 1.78. The van der Waals surface area contributed by atoms with Crippen LogP contribution < -0.4 is 0 Å². The molecule has 0 amide bonds. The van der Waals surface area contributed by atoms with Crippen molar-refractivity contribution in [3.8, 4) is 0 Å². The van der Waals surface area contributed by atoms with Crippen LogP contribution in [0.1, 0.15) is 58.4 Å². The first kappa shape index (κ1) is 46.2. The topological polar surface area (TPSA) is 27.7 Å². The minimum Gasteiger partial charge on any atom is -0.356 e. The number of hydrogen-bond donors (Lipinski definition) is 0. The monoisotopic (exact) mass is 230 g/mol. The van der Waals surface area contributed by atoms with E-state index in [9.17, 15) is 0 Å². The van der Waals surface area contributed by atoms with Gasteiger partial charge in [-0.15, -0.1) is 0 Å². The lowest BCUT2D eigenvalue weighted by molar-refractivity contribution is -0.126. The van der Waals surface area contributed by atoms with Gasteiger partial charge in [0.15, 0.2) is 0 Å². The molecule has 0 heterocycles. The first-order valence-corrected chi connectivity index (χ1v) is 3.15.